The number of aryl methyl sites for hydroxylation is 1. The summed E-state index contributed by atoms with van der Waals surface area (Å²) in [6, 6.07) is 8.16. The molecule has 1 fully saturated rings. The smallest absolute Gasteiger partial charge is 0.303 e. The van der Waals surface area contributed by atoms with Gasteiger partial charge in [0.1, 0.15) is 6.10 Å². The van der Waals surface area contributed by atoms with Crippen molar-refractivity contribution in [3.63, 3.8) is 0 Å². The number of rotatable bonds is 6. The van der Waals surface area contributed by atoms with Crippen molar-refractivity contribution in [3.8, 4) is 0 Å². The van der Waals surface area contributed by atoms with Gasteiger partial charge in [0.05, 0.1) is 12.0 Å². The number of carbonyl (C=O) groups is 2. The highest BCUT2D eigenvalue weighted by Gasteiger charge is 2.53. The molecular formula is C27H37NO4. The first-order valence-electron chi connectivity index (χ1n) is 11.7. The number of carbonyl (C=O) groups excluding carboxylic acids is 2. The van der Waals surface area contributed by atoms with E-state index in [1.165, 1.54) is 12.5 Å². The molecule has 174 valence electrons. The Morgan fingerprint density at radius 1 is 1.25 bits per heavy atom. The Labute approximate surface area is 192 Å². The number of hydrogen-bond donors (Lipinski definition) is 1. The highest BCUT2D eigenvalue weighted by atomic mass is 16.5. The van der Waals surface area contributed by atoms with E-state index in [2.05, 4.69) is 38.5 Å². The lowest BCUT2D eigenvalue weighted by atomic mass is 9.57. The van der Waals surface area contributed by atoms with Crippen molar-refractivity contribution >= 4 is 11.9 Å². The second-order valence-corrected chi connectivity index (χ2v) is 9.84. The van der Waals surface area contributed by atoms with Crippen LogP contribution in [0.4, 0.5) is 0 Å². The molecule has 1 N–H and O–H groups in total. The first-order chi connectivity index (χ1) is 15.0. The van der Waals surface area contributed by atoms with Gasteiger partial charge in [-0.05, 0) is 61.1 Å². The molecule has 1 aromatic carbocycles. The molecule has 0 spiro atoms. The Hall–Kier alpha value is -2.14. The first kappa shape index (κ1) is 24.5. The van der Waals surface area contributed by atoms with Crippen LogP contribution in [-0.2, 0) is 20.9 Å². The first-order valence-corrected chi connectivity index (χ1v) is 11.7. The quantitative estimate of drug-likeness (QED) is 0.529. The topological polar surface area (TPSA) is 66.8 Å². The van der Waals surface area contributed by atoms with Crippen molar-refractivity contribution in [3.05, 3.63) is 53.5 Å². The van der Waals surface area contributed by atoms with Gasteiger partial charge in [0.15, 0.2) is 0 Å². The van der Waals surface area contributed by atoms with Gasteiger partial charge in [0, 0.05) is 32.9 Å². The predicted molar refractivity (Wildman–Crippen MR) is 124 cm³/mol. The van der Waals surface area contributed by atoms with E-state index in [1.807, 2.05) is 30.9 Å². The molecule has 0 heterocycles. The summed E-state index contributed by atoms with van der Waals surface area (Å²) in [7, 11) is 0. The van der Waals surface area contributed by atoms with E-state index in [9.17, 15) is 14.7 Å². The molecule has 0 saturated heterocycles. The number of hydrogen-bond acceptors (Lipinski definition) is 4. The van der Waals surface area contributed by atoms with Crippen molar-refractivity contribution in [2.75, 3.05) is 6.54 Å². The fourth-order valence-corrected chi connectivity index (χ4v) is 5.39. The molecule has 1 aromatic rings. The van der Waals surface area contributed by atoms with Gasteiger partial charge < -0.3 is 14.7 Å². The maximum absolute atomic E-state index is 12.5. The predicted octanol–water partition coefficient (Wildman–Crippen LogP) is 4.35. The molecule has 0 unspecified atom stereocenters. The van der Waals surface area contributed by atoms with Crippen molar-refractivity contribution in [1.82, 2.24) is 4.90 Å². The molecule has 1 amide bonds. The molecule has 3 rings (SSSR count). The summed E-state index contributed by atoms with van der Waals surface area (Å²) in [4.78, 5) is 25.9. The highest BCUT2D eigenvalue weighted by molar-refractivity contribution is 5.73. The SMILES string of the molecule is CC(=O)O[C@@H]1[C][C@@]2(O)[C@H](C)CC[C@@H]([C@H](C)CN(Cc3ccccc3C)C(C)=O)[C@H]2C=C1C. The molecule has 0 aliphatic heterocycles. The zero-order chi connectivity index (χ0) is 23.6. The lowest BCUT2D eigenvalue weighted by Gasteiger charge is -2.52. The average molecular weight is 440 g/mol. The molecule has 1 saturated carbocycles. The van der Waals surface area contributed by atoms with Gasteiger partial charge in [-0.3, -0.25) is 9.59 Å². The van der Waals surface area contributed by atoms with Gasteiger partial charge in [-0.25, -0.2) is 0 Å². The van der Waals surface area contributed by atoms with Gasteiger partial charge >= 0.3 is 5.97 Å². The Kier molecular flexibility index (Phi) is 7.49. The third kappa shape index (κ3) is 5.09. The number of ether oxygens (including phenoxy) is 1. The van der Waals surface area contributed by atoms with Crippen LogP contribution < -0.4 is 0 Å². The summed E-state index contributed by atoms with van der Waals surface area (Å²) in [5.74, 6) is -0.00442. The second-order valence-electron chi connectivity index (χ2n) is 9.84. The fourth-order valence-electron chi connectivity index (χ4n) is 5.39. The summed E-state index contributed by atoms with van der Waals surface area (Å²) in [6.45, 7) is 12.4. The van der Waals surface area contributed by atoms with E-state index in [1.54, 1.807) is 6.92 Å². The summed E-state index contributed by atoms with van der Waals surface area (Å²) < 4.78 is 5.40. The van der Waals surface area contributed by atoms with E-state index in [4.69, 9.17) is 4.74 Å². The zero-order valence-corrected chi connectivity index (χ0v) is 20.2. The lowest BCUT2D eigenvalue weighted by Crippen LogP contribution is -2.56. The molecular weight excluding hydrogens is 402 g/mol. The Morgan fingerprint density at radius 2 is 1.94 bits per heavy atom. The van der Waals surface area contributed by atoms with Crippen LogP contribution in [0.3, 0.4) is 0 Å². The lowest BCUT2D eigenvalue weighted by molar-refractivity contribution is -0.148. The van der Waals surface area contributed by atoms with Crippen LogP contribution in [0.1, 0.15) is 58.6 Å². The molecule has 5 nitrogen and oxygen atoms in total. The highest BCUT2D eigenvalue weighted by Crippen LogP contribution is 2.50. The molecule has 0 bridgehead atoms. The van der Waals surface area contributed by atoms with Crippen LogP contribution in [0.25, 0.3) is 0 Å². The second kappa shape index (κ2) is 9.78. The van der Waals surface area contributed by atoms with Crippen molar-refractivity contribution in [1.29, 1.82) is 0 Å². The summed E-state index contributed by atoms with van der Waals surface area (Å²) in [5, 5.41) is 11.7. The van der Waals surface area contributed by atoms with E-state index >= 15 is 0 Å². The van der Waals surface area contributed by atoms with Crippen molar-refractivity contribution in [2.45, 2.75) is 72.6 Å². The minimum absolute atomic E-state index is 0.0224. The third-order valence-corrected chi connectivity index (χ3v) is 7.46. The van der Waals surface area contributed by atoms with Crippen LogP contribution in [0, 0.1) is 37.0 Å². The molecule has 2 radical (unpaired) electrons. The number of amides is 1. The summed E-state index contributed by atoms with van der Waals surface area (Å²) in [5.41, 5.74) is 2.10. The number of esters is 1. The summed E-state index contributed by atoms with van der Waals surface area (Å²) >= 11 is 0. The van der Waals surface area contributed by atoms with Crippen LogP contribution in [0.15, 0.2) is 35.9 Å². The largest absolute Gasteiger partial charge is 0.457 e. The van der Waals surface area contributed by atoms with Crippen molar-refractivity contribution in [2.24, 2.45) is 23.7 Å². The van der Waals surface area contributed by atoms with Crippen LogP contribution in [0.2, 0.25) is 0 Å². The van der Waals surface area contributed by atoms with E-state index in [0.717, 1.165) is 24.0 Å². The van der Waals surface area contributed by atoms with Gasteiger partial charge in [-0.1, -0.05) is 44.2 Å². The average Bonchev–Trinajstić information content (AvgIpc) is 2.71. The van der Waals surface area contributed by atoms with Crippen molar-refractivity contribution < 1.29 is 19.4 Å². The normalized spacial score (nSPS) is 30.7. The molecule has 0 aromatic heterocycles. The Morgan fingerprint density at radius 3 is 2.56 bits per heavy atom. The van der Waals surface area contributed by atoms with E-state index < -0.39 is 11.7 Å². The van der Waals surface area contributed by atoms with Gasteiger partial charge in [-0.15, -0.1) is 0 Å². The van der Waals surface area contributed by atoms with Crippen LogP contribution in [-0.4, -0.2) is 40.1 Å². The van der Waals surface area contributed by atoms with Crippen LogP contribution >= 0.6 is 0 Å². The standard InChI is InChI=1S/C27H37NO4/c1-17-9-7-8-10-23(17)16-28(21(5)29)15-19(3)24-12-11-20(4)27(31)14-26(32-22(6)30)18(2)13-25(24)27/h7-10,13,19-20,24-26,31H,11-12,15-16H2,1-6H3/t19-,20-,24+,25-,26-,27-/m1/s1. The number of aliphatic hydroxyl groups is 1. The third-order valence-electron chi connectivity index (χ3n) is 7.46. The fraction of sp³-hybridized carbons (Fsp3) is 0.593. The molecule has 2 aliphatic rings. The maximum Gasteiger partial charge on any atom is 0.303 e. The van der Waals surface area contributed by atoms with E-state index in [0.29, 0.717) is 13.1 Å². The van der Waals surface area contributed by atoms with Gasteiger partial charge in [-0.2, -0.15) is 0 Å². The molecule has 32 heavy (non-hydrogen) atoms. The zero-order valence-electron chi connectivity index (χ0n) is 20.2. The minimum Gasteiger partial charge on any atom is -0.457 e. The van der Waals surface area contributed by atoms with Crippen LogP contribution in [0.5, 0.6) is 0 Å². The Balaban J connectivity index is 1.81. The molecule has 5 heteroatoms. The number of nitrogens with zero attached hydrogens (tertiary/aromatic N) is 1. The monoisotopic (exact) mass is 439 g/mol. The number of fused-ring (bicyclic) bond motifs is 1. The maximum atomic E-state index is 12.5. The summed E-state index contributed by atoms with van der Waals surface area (Å²) in [6.07, 6.45) is 6.56. The van der Waals surface area contributed by atoms with Gasteiger partial charge in [0.2, 0.25) is 5.91 Å². The minimum atomic E-state index is -1.14. The van der Waals surface area contributed by atoms with E-state index in [-0.39, 0.29) is 35.5 Å². The molecule has 6 atom stereocenters. The molecule has 2 aliphatic carbocycles. The number of benzene rings is 1. The Bertz CT molecular complexity index is 878. The van der Waals surface area contributed by atoms with Gasteiger partial charge in [0.25, 0.3) is 0 Å².